The second-order valence-electron chi connectivity index (χ2n) is 16.2. The molecule has 3 fully saturated rings. The van der Waals surface area contributed by atoms with E-state index in [1.165, 1.54) is 18.8 Å². The van der Waals surface area contributed by atoms with Crippen LogP contribution in [0.5, 0.6) is 0 Å². The zero-order valence-corrected chi connectivity index (χ0v) is 35.8. The predicted octanol–water partition coefficient (Wildman–Crippen LogP) is 5.09. The van der Waals surface area contributed by atoms with Gasteiger partial charge in [0.1, 0.15) is 17.5 Å². The minimum Gasteiger partial charge on any atom is -0.374 e. The molecular formula is C45H49F2N9O6S. The Kier molecular flexibility index (Phi) is 12.6. The number of nitrogens with zero attached hydrogens (tertiary/aromatic N) is 5. The maximum Gasteiger partial charge on any atom is 0.301 e. The smallest absolute Gasteiger partial charge is 0.301 e. The Labute approximate surface area is 364 Å². The number of piperidine rings is 2. The summed E-state index contributed by atoms with van der Waals surface area (Å²) in [6, 6.07) is 19.1. The summed E-state index contributed by atoms with van der Waals surface area (Å²) in [5.41, 5.74) is 3.41. The van der Waals surface area contributed by atoms with Crippen LogP contribution in [0.15, 0.2) is 79.1 Å². The van der Waals surface area contributed by atoms with Gasteiger partial charge < -0.3 is 20.1 Å². The maximum atomic E-state index is 15.6. The summed E-state index contributed by atoms with van der Waals surface area (Å²) in [7, 11) is -2.84. The van der Waals surface area contributed by atoms with Gasteiger partial charge in [-0.1, -0.05) is 31.2 Å². The number of benzene rings is 3. The minimum absolute atomic E-state index is 0.0263. The van der Waals surface area contributed by atoms with E-state index in [4.69, 9.17) is 0 Å². The predicted molar refractivity (Wildman–Crippen MR) is 236 cm³/mol. The van der Waals surface area contributed by atoms with Crippen molar-refractivity contribution < 1.29 is 36.4 Å². The Morgan fingerprint density at radius 1 is 0.905 bits per heavy atom. The van der Waals surface area contributed by atoms with Crippen LogP contribution in [-0.2, 0) is 24.6 Å². The largest absolute Gasteiger partial charge is 0.374 e. The lowest BCUT2D eigenvalue weighted by Gasteiger charge is -2.38. The highest BCUT2D eigenvalue weighted by molar-refractivity contribution is 7.90. The molecule has 0 spiro atoms. The van der Waals surface area contributed by atoms with Crippen LogP contribution < -0.4 is 20.3 Å². The van der Waals surface area contributed by atoms with Gasteiger partial charge in [0.15, 0.2) is 5.82 Å². The molecule has 0 aliphatic carbocycles. The van der Waals surface area contributed by atoms with Gasteiger partial charge in [-0.05, 0) is 91.9 Å². The Balaban J connectivity index is 0.834. The summed E-state index contributed by atoms with van der Waals surface area (Å²) in [6.07, 6.45) is 5.67. The molecule has 3 saturated heterocycles. The third-order valence-corrected chi connectivity index (χ3v) is 13.9. The van der Waals surface area contributed by atoms with E-state index in [1.54, 1.807) is 19.2 Å². The zero-order valence-electron chi connectivity index (χ0n) is 35.0. The highest BCUT2D eigenvalue weighted by Crippen LogP contribution is 2.32. The number of hydrogen-bond donors (Lipinski definition) is 4. The average molecular weight is 882 g/mol. The number of aromatic amines is 1. The van der Waals surface area contributed by atoms with Gasteiger partial charge >= 0.3 is 10.2 Å². The van der Waals surface area contributed by atoms with Crippen molar-refractivity contribution in [1.82, 2.24) is 29.4 Å². The molecular weight excluding hydrogens is 833 g/mol. The molecule has 5 aromatic rings. The zero-order chi connectivity index (χ0) is 44.4. The van der Waals surface area contributed by atoms with Crippen LogP contribution in [0.2, 0.25) is 0 Å². The molecule has 3 aliphatic heterocycles. The van der Waals surface area contributed by atoms with Gasteiger partial charge in [0.05, 0.1) is 17.8 Å². The van der Waals surface area contributed by atoms with Crippen molar-refractivity contribution >= 4 is 61.8 Å². The lowest BCUT2D eigenvalue weighted by Crippen LogP contribution is -2.51. The molecule has 0 saturated carbocycles. The minimum atomic E-state index is -4.14. The molecule has 18 heteroatoms. The molecule has 3 aromatic carbocycles. The van der Waals surface area contributed by atoms with Gasteiger partial charge in [-0.2, -0.15) is 12.7 Å². The van der Waals surface area contributed by atoms with E-state index in [1.807, 2.05) is 41.3 Å². The monoisotopic (exact) mass is 881 g/mol. The number of hydrogen-bond acceptors (Lipinski definition) is 10. The van der Waals surface area contributed by atoms with Crippen molar-refractivity contribution in [3.8, 4) is 11.1 Å². The van der Waals surface area contributed by atoms with Gasteiger partial charge in [0, 0.05) is 86.5 Å². The molecule has 8 rings (SSSR count). The van der Waals surface area contributed by atoms with E-state index < -0.39 is 44.9 Å². The molecule has 0 bridgehead atoms. The van der Waals surface area contributed by atoms with Gasteiger partial charge in [0.2, 0.25) is 23.5 Å². The number of imide groups is 1. The lowest BCUT2D eigenvalue weighted by atomic mass is 9.89. The molecule has 3 amide bonds. The number of likely N-dealkylation sites (tertiary alicyclic amines) is 1. The number of anilines is 3. The normalized spacial score (nSPS) is 17.9. The summed E-state index contributed by atoms with van der Waals surface area (Å²) >= 11 is 0. The molecule has 0 radical (unpaired) electrons. The summed E-state index contributed by atoms with van der Waals surface area (Å²) in [4.78, 5) is 64.3. The maximum absolute atomic E-state index is 15.6. The highest BCUT2D eigenvalue weighted by Gasteiger charge is 2.30. The molecule has 3 aliphatic rings. The number of nitrogens with one attached hydrogen (secondary N) is 4. The second kappa shape index (κ2) is 18.2. The molecule has 63 heavy (non-hydrogen) atoms. The molecule has 15 nitrogen and oxygen atoms in total. The van der Waals surface area contributed by atoms with Crippen LogP contribution in [0.4, 0.5) is 25.8 Å². The van der Waals surface area contributed by atoms with E-state index in [-0.39, 0.29) is 29.8 Å². The lowest BCUT2D eigenvalue weighted by molar-refractivity contribution is -0.134. The van der Waals surface area contributed by atoms with E-state index >= 15 is 8.78 Å². The molecule has 1 unspecified atom stereocenters. The van der Waals surface area contributed by atoms with Gasteiger partial charge in [-0.15, -0.1) is 0 Å². The Morgan fingerprint density at radius 3 is 2.30 bits per heavy atom. The van der Waals surface area contributed by atoms with Crippen LogP contribution in [0.1, 0.15) is 60.0 Å². The molecule has 4 N–H and O–H groups in total. The standard InChI is InChI=1S/C45H49F2N9O6S/c1-3-53(2)63(61,62)52-37-13-12-36(46)41(42(37)47)43(59)35-26-49-44-34(35)24-31(25-48-44)29-6-10-33(11-7-29)55-20-22-56(23-21-55)40(58)27-54-18-16-30(17-19-54)28-4-8-32(9-5-28)50-38-14-15-39(57)51-45(38)60/h4-13,24-26,30,38,50,52H,3,14-23,27H2,1-2H3,(H,48,49)(H,51,57,60). The van der Waals surface area contributed by atoms with Crippen molar-refractivity contribution in [3.63, 3.8) is 0 Å². The SMILES string of the molecule is CCN(C)S(=O)(=O)Nc1ccc(F)c(C(=O)c2c[nH]c3ncc(-c4ccc(N5CCN(C(=O)CN6CCC(c7ccc(NC8CCC(=O)NC8=O)cc7)CC6)CC5)cc4)cc23)c1F. The topological polar surface area (TPSA) is 180 Å². The van der Waals surface area contributed by atoms with E-state index in [0.717, 1.165) is 59.3 Å². The summed E-state index contributed by atoms with van der Waals surface area (Å²) < 4.78 is 58.8. The molecule has 1 atom stereocenters. The average Bonchev–Trinajstić information content (AvgIpc) is 3.72. The number of H-pyrrole nitrogens is 1. The number of rotatable bonds is 13. The Morgan fingerprint density at radius 2 is 1.62 bits per heavy atom. The van der Waals surface area contributed by atoms with Crippen LogP contribution in [0, 0.1) is 11.6 Å². The van der Waals surface area contributed by atoms with Gasteiger partial charge in [-0.3, -0.25) is 34.1 Å². The third kappa shape index (κ3) is 9.43. The van der Waals surface area contributed by atoms with Crippen LogP contribution in [-0.4, -0.2) is 121 Å². The first kappa shape index (κ1) is 43.4. The van der Waals surface area contributed by atoms with Crippen molar-refractivity contribution in [2.45, 2.75) is 44.6 Å². The molecule has 5 heterocycles. The highest BCUT2D eigenvalue weighted by atomic mass is 32.2. The fraction of sp³-hybridized carbons (Fsp3) is 0.356. The van der Waals surface area contributed by atoms with Crippen LogP contribution in [0.25, 0.3) is 22.2 Å². The van der Waals surface area contributed by atoms with Gasteiger partial charge in [-0.25, -0.2) is 13.8 Å². The third-order valence-electron chi connectivity index (χ3n) is 12.3. The van der Waals surface area contributed by atoms with Gasteiger partial charge in [0.25, 0.3) is 0 Å². The van der Waals surface area contributed by atoms with Crippen LogP contribution >= 0.6 is 0 Å². The van der Waals surface area contributed by atoms with Crippen molar-refractivity contribution in [3.05, 3.63) is 107 Å². The summed E-state index contributed by atoms with van der Waals surface area (Å²) in [5.74, 6) is -3.45. The number of halogens is 2. The van der Waals surface area contributed by atoms with E-state index in [2.05, 4.69) is 47.3 Å². The number of ketones is 1. The fourth-order valence-electron chi connectivity index (χ4n) is 8.39. The molecule has 330 valence electrons. The number of piperazine rings is 1. The number of aromatic nitrogens is 2. The first-order chi connectivity index (χ1) is 30.3. The van der Waals surface area contributed by atoms with Crippen molar-refractivity contribution in [2.75, 3.05) is 74.3 Å². The number of carbonyl (C=O) groups is 4. The fourth-order valence-corrected chi connectivity index (χ4v) is 9.32. The number of pyridine rings is 1. The number of amides is 3. The van der Waals surface area contributed by atoms with Crippen molar-refractivity contribution in [2.24, 2.45) is 0 Å². The van der Waals surface area contributed by atoms with Crippen molar-refractivity contribution in [1.29, 1.82) is 0 Å². The number of fused-ring (bicyclic) bond motifs is 1. The quantitative estimate of drug-likeness (QED) is 0.0920. The first-order valence-electron chi connectivity index (χ1n) is 21.1. The van der Waals surface area contributed by atoms with Crippen LogP contribution in [0.3, 0.4) is 0 Å². The Hall–Kier alpha value is -6.24. The molecule has 2 aromatic heterocycles. The van der Waals surface area contributed by atoms with E-state index in [0.29, 0.717) is 68.1 Å². The summed E-state index contributed by atoms with van der Waals surface area (Å²) in [6.45, 7) is 6.31. The van der Waals surface area contributed by atoms with E-state index in [9.17, 15) is 27.6 Å². The Bertz CT molecular complexity index is 2640. The summed E-state index contributed by atoms with van der Waals surface area (Å²) in [5, 5.41) is 5.95. The number of carbonyl (C=O) groups excluding carboxylic acids is 4. The first-order valence-corrected chi connectivity index (χ1v) is 22.5. The second-order valence-corrected chi connectivity index (χ2v) is 18.0.